The molecule has 1 fully saturated rings. The van der Waals surface area contributed by atoms with Gasteiger partial charge in [-0.05, 0) is 29.7 Å². The van der Waals surface area contributed by atoms with Gasteiger partial charge in [0.15, 0.2) is 0 Å². The third kappa shape index (κ3) is 4.70. The van der Waals surface area contributed by atoms with Crippen LogP contribution >= 0.6 is 0 Å². The maximum Gasteiger partial charge on any atom is 0.414 e. The molecular weight excluding hydrogens is 300 g/mol. The second-order valence-corrected chi connectivity index (χ2v) is 6.27. The normalized spacial score (nSPS) is 14.5. The highest BCUT2D eigenvalue weighted by atomic mass is 16.6. The lowest BCUT2D eigenvalue weighted by Gasteiger charge is -2.21. The van der Waals surface area contributed by atoms with Gasteiger partial charge in [-0.1, -0.05) is 13.8 Å². The molecule has 2 N–H and O–H groups in total. The van der Waals surface area contributed by atoms with Crippen LogP contribution in [0.3, 0.4) is 0 Å². The van der Waals surface area contributed by atoms with Gasteiger partial charge in [-0.3, -0.25) is 14.5 Å². The highest BCUT2D eigenvalue weighted by Gasteiger charge is 2.26. The molecule has 1 aromatic carbocycles. The lowest BCUT2D eigenvalue weighted by Crippen LogP contribution is -2.25. The molecular formula is C16H20N2O5. The molecule has 0 spiro atoms. The van der Waals surface area contributed by atoms with E-state index in [-0.39, 0.29) is 24.8 Å². The van der Waals surface area contributed by atoms with Crippen LogP contribution in [0.25, 0.3) is 0 Å². The Balaban J connectivity index is 1.94. The number of carboxylic acids is 1. The average molecular weight is 320 g/mol. The summed E-state index contributed by atoms with van der Waals surface area (Å²) in [5.41, 5.74) is 0.684. The largest absolute Gasteiger partial charge is 0.481 e. The Labute approximate surface area is 134 Å². The van der Waals surface area contributed by atoms with E-state index in [2.05, 4.69) is 5.32 Å². The van der Waals surface area contributed by atoms with Gasteiger partial charge in [0.25, 0.3) is 0 Å². The number of cyclic esters (lactones) is 1. The van der Waals surface area contributed by atoms with E-state index in [1.54, 1.807) is 38.1 Å². The first-order chi connectivity index (χ1) is 10.8. The second-order valence-electron chi connectivity index (χ2n) is 6.27. The van der Waals surface area contributed by atoms with Crippen molar-refractivity contribution in [1.29, 1.82) is 0 Å². The number of amides is 2. The summed E-state index contributed by atoms with van der Waals surface area (Å²) in [4.78, 5) is 35.8. The molecule has 0 aliphatic carbocycles. The number of carboxylic acid groups (broad SMARTS) is 1. The number of carbonyl (C=O) groups is 3. The maximum atomic E-state index is 12.0. The molecule has 1 heterocycles. The summed E-state index contributed by atoms with van der Waals surface area (Å²) in [6, 6.07) is 6.85. The molecule has 1 aliphatic heterocycles. The van der Waals surface area contributed by atoms with Crippen molar-refractivity contribution in [3.8, 4) is 0 Å². The zero-order valence-corrected chi connectivity index (χ0v) is 13.2. The predicted octanol–water partition coefficient (Wildman–Crippen LogP) is 2.47. The van der Waals surface area contributed by atoms with Crippen molar-refractivity contribution in [3.05, 3.63) is 24.3 Å². The van der Waals surface area contributed by atoms with Crippen LogP contribution in [0.5, 0.6) is 0 Å². The molecule has 0 unspecified atom stereocenters. The van der Waals surface area contributed by atoms with Gasteiger partial charge in [-0.25, -0.2) is 4.79 Å². The highest BCUT2D eigenvalue weighted by Crippen LogP contribution is 2.26. The standard InChI is InChI=1S/C16H20N2O5/c1-16(2,10-14(20)21)9-13(19)17-11-3-5-12(6-4-11)18-7-8-23-15(18)22/h3-6H,7-10H2,1-2H3,(H,17,19)(H,20,21). The summed E-state index contributed by atoms with van der Waals surface area (Å²) in [5, 5.41) is 11.6. The molecule has 7 heteroatoms. The first-order valence-corrected chi connectivity index (χ1v) is 7.33. The lowest BCUT2D eigenvalue weighted by molar-refractivity contribution is -0.139. The molecule has 1 saturated heterocycles. The van der Waals surface area contributed by atoms with E-state index in [4.69, 9.17) is 9.84 Å². The van der Waals surface area contributed by atoms with E-state index < -0.39 is 11.4 Å². The van der Waals surface area contributed by atoms with E-state index in [1.807, 2.05) is 0 Å². The third-order valence-corrected chi connectivity index (χ3v) is 3.49. The number of hydrogen-bond acceptors (Lipinski definition) is 4. The Morgan fingerprint density at radius 3 is 2.43 bits per heavy atom. The van der Waals surface area contributed by atoms with Crippen molar-refractivity contribution < 1.29 is 24.2 Å². The second kappa shape index (κ2) is 6.68. The number of aliphatic carboxylic acids is 1. The zero-order chi connectivity index (χ0) is 17.0. The molecule has 1 aromatic rings. The van der Waals surface area contributed by atoms with Crippen LogP contribution in [0.15, 0.2) is 24.3 Å². The number of ether oxygens (including phenoxy) is 1. The fraction of sp³-hybridized carbons (Fsp3) is 0.438. The minimum atomic E-state index is -0.926. The minimum absolute atomic E-state index is 0.0730. The van der Waals surface area contributed by atoms with Crippen LogP contribution in [0.2, 0.25) is 0 Å². The lowest BCUT2D eigenvalue weighted by atomic mass is 9.85. The van der Waals surface area contributed by atoms with Gasteiger partial charge in [0.05, 0.1) is 13.0 Å². The smallest absolute Gasteiger partial charge is 0.414 e. The van der Waals surface area contributed by atoms with Crippen LogP contribution in [0.4, 0.5) is 16.2 Å². The Hall–Kier alpha value is -2.57. The average Bonchev–Trinajstić information content (AvgIpc) is 2.83. The van der Waals surface area contributed by atoms with Gasteiger partial charge < -0.3 is 15.2 Å². The Morgan fingerprint density at radius 1 is 1.26 bits per heavy atom. The SMILES string of the molecule is CC(C)(CC(=O)O)CC(=O)Nc1ccc(N2CCOC2=O)cc1. The first-order valence-electron chi connectivity index (χ1n) is 7.33. The van der Waals surface area contributed by atoms with Crippen LogP contribution < -0.4 is 10.2 Å². The number of anilines is 2. The molecule has 1 aliphatic rings. The Morgan fingerprint density at radius 2 is 1.91 bits per heavy atom. The molecule has 0 aromatic heterocycles. The molecule has 23 heavy (non-hydrogen) atoms. The molecule has 0 bridgehead atoms. The van der Waals surface area contributed by atoms with Crippen molar-refractivity contribution in [3.63, 3.8) is 0 Å². The van der Waals surface area contributed by atoms with E-state index in [1.165, 1.54) is 4.90 Å². The van der Waals surface area contributed by atoms with Crippen molar-refractivity contribution in [2.45, 2.75) is 26.7 Å². The number of benzene rings is 1. The first kappa shape index (κ1) is 16.8. The molecule has 2 rings (SSSR count). The molecule has 0 saturated carbocycles. The zero-order valence-electron chi connectivity index (χ0n) is 13.2. The Bertz CT molecular complexity index is 609. The summed E-state index contributed by atoms with van der Waals surface area (Å²) < 4.78 is 4.87. The van der Waals surface area contributed by atoms with Crippen molar-refractivity contribution in [2.75, 3.05) is 23.4 Å². The van der Waals surface area contributed by atoms with Gasteiger partial charge in [-0.15, -0.1) is 0 Å². The van der Waals surface area contributed by atoms with E-state index >= 15 is 0 Å². The van der Waals surface area contributed by atoms with Gasteiger partial charge in [-0.2, -0.15) is 0 Å². The van der Waals surface area contributed by atoms with Crippen LogP contribution in [0.1, 0.15) is 26.7 Å². The van der Waals surface area contributed by atoms with Crippen LogP contribution in [-0.2, 0) is 14.3 Å². The fourth-order valence-electron chi connectivity index (χ4n) is 2.46. The molecule has 0 radical (unpaired) electrons. The summed E-state index contributed by atoms with van der Waals surface area (Å²) in [6.45, 7) is 4.36. The quantitative estimate of drug-likeness (QED) is 0.839. The molecule has 0 atom stereocenters. The Kier molecular flexibility index (Phi) is 4.88. The van der Waals surface area contributed by atoms with E-state index in [0.717, 1.165) is 0 Å². The van der Waals surface area contributed by atoms with Crippen LogP contribution in [-0.4, -0.2) is 36.2 Å². The predicted molar refractivity (Wildman–Crippen MR) is 84.4 cm³/mol. The third-order valence-electron chi connectivity index (χ3n) is 3.49. The fourth-order valence-corrected chi connectivity index (χ4v) is 2.46. The number of nitrogens with one attached hydrogen (secondary N) is 1. The molecule has 7 nitrogen and oxygen atoms in total. The van der Waals surface area contributed by atoms with Gasteiger partial charge >= 0.3 is 12.1 Å². The van der Waals surface area contributed by atoms with E-state index in [9.17, 15) is 14.4 Å². The summed E-state index contributed by atoms with van der Waals surface area (Å²) in [7, 11) is 0. The molecule has 124 valence electrons. The highest BCUT2D eigenvalue weighted by molar-refractivity contribution is 5.93. The van der Waals surface area contributed by atoms with Crippen molar-refractivity contribution >= 4 is 29.3 Å². The number of carbonyl (C=O) groups excluding carboxylic acids is 2. The number of nitrogens with zero attached hydrogens (tertiary/aromatic N) is 1. The van der Waals surface area contributed by atoms with Gasteiger partial charge in [0.2, 0.25) is 5.91 Å². The summed E-state index contributed by atoms with van der Waals surface area (Å²) in [5.74, 6) is -1.17. The number of rotatable bonds is 6. The summed E-state index contributed by atoms with van der Waals surface area (Å²) >= 11 is 0. The number of hydrogen-bond donors (Lipinski definition) is 2. The van der Waals surface area contributed by atoms with Crippen molar-refractivity contribution in [1.82, 2.24) is 0 Å². The topological polar surface area (TPSA) is 95.9 Å². The monoisotopic (exact) mass is 320 g/mol. The van der Waals surface area contributed by atoms with Gasteiger partial charge in [0, 0.05) is 17.8 Å². The molecule has 2 amide bonds. The minimum Gasteiger partial charge on any atom is -0.481 e. The van der Waals surface area contributed by atoms with Crippen molar-refractivity contribution in [2.24, 2.45) is 5.41 Å². The maximum absolute atomic E-state index is 12.0. The summed E-state index contributed by atoms with van der Waals surface area (Å²) in [6.07, 6.45) is -0.340. The van der Waals surface area contributed by atoms with Gasteiger partial charge in [0.1, 0.15) is 6.61 Å². The van der Waals surface area contributed by atoms with E-state index in [0.29, 0.717) is 24.5 Å². The van der Waals surface area contributed by atoms with Crippen LogP contribution in [0, 0.1) is 5.41 Å².